The number of aromatic amines is 2. The van der Waals surface area contributed by atoms with Crippen molar-refractivity contribution < 1.29 is 14.2 Å². The molecule has 8 heteroatoms. The van der Waals surface area contributed by atoms with Gasteiger partial charge in [-0.1, -0.05) is 0 Å². The fraction of sp³-hybridized carbons (Fsp3) is 0.615. The van der Waals surface area contributed by atoms with E-state index in [0.29, 0.717) is 6.42 Å². The predicted molar refractivity (Wildman–Crippen MR) is 81.6 cm³/mol. The molecule has 0 saturated carbocycles. The van der Waals surface area contributed by atoms with Gasteiger partial charge in [0.05, 0.1) is 11.7 Å². The number of H-pyrrole nitrogens is 2. The van der Waals surface area contributed by atoms with E-state index in [4.69, 9.17) is 4.74 Å². The molecule has 2 rings (SSSR count). The Kier molecular flexibility index (Phi) is 4.56. The van der Waals surface area contributed by atoms with Gasteiger partial charge in [0.2, 0.25) is 0 Å². The second-order valence-electron chi connectivity index (χ2n) is 6.01. The molecule has 1 aromatic heterocycles. The fourth-order valence-electron chi connectivity index (χ4n) is 2.32. The molecule has 1 saturated heterocycles. The minimum Gasteiger partial charge on any atom is -0.387 e. The van der Waals surface area contributed by atoms with Crippen LogP contribution >= 0.6 is 6.89 Å². The number of hydrogen-bond donors (Lipinski definition) is 3. The highest BCUT2D eigenvalue weighted by atomic mass is 31.2. The molecule has 0 unspecified atom stereocenters. The number of hydrogen-bond acceptors (Lipinski definition) is 4. The van der Waals surface area contributed by atoms with Gasteiger partial charge in [-0.3, -0.25) is 9.78 Å². The zero-order chi connectivity index (χ0) is 15.8. The first-order chi connectivity index (χ1) is 9.69. The highest BCUT2D eigenvalue weighted by Gasteiger charge is 2.45. The standard InChI is InChI=1S/C13H20FN2O4P/c1-21(2,3)5-4-8-10(17)9(14)11(20-8)7-6-15-13(19)16-12(7)18/h6,8-11,17H,1,4-5H2,2-3H3,(H2,15,16,18,19)/t8-,9-,10-,11+/m1/s1. The molecule has 0 bridgehead atoms. The molecule has 1 fully saturated rings. The first kappa shape index (κ1) is 16.2. The summed E-state index contributed by atoms with van der Waals surface area (Å²) >= 11 is 0. The molecule has 1 aliphatic rings. The summed E-state index contributed by atoms with van der Waals surface area (Å²) in [6.07, 6.45) is 1.62. The average molecular weight is 318 g/mol. The second-order valence-corrected chi connectivity index (χ2v) is 10.3. The van der Waals surface area contributed by atoms with Crippen molar-refractivity contribution in [2.24, 2.45) is 0 Å². The van der Waals surface area contributed by atoms with Crippen molar-refractivity contribution in [3.8, 4) is 0 Å². The van der Waals surface area contributed by atoms with Crippen molar-refractivity contribution in [1.29, 1.82) is 0 Å². The summed E-state index contributed by atoms with van der Waals surface area (Å²) in [5, 5.41) is 9.94. The molecule has 1 aliphatic heterocycles. The zero-order valence-corrected chi connectivity index (χ0v) is 12.9. The van der Waals surface area contributed by atoms with E-state index in [1.807, 2.05) is 18.3 Å². The minimum atomic E-state index is -1.70. The van der Waals surface area contributed by atoms with Crippen LogP contribution in [0.5, 0.6) is 0 Å². The SMILES string of the molecule is C=P(C)(C)CC[C@H]1O[C@@H](c2c[nH]c(=O)[nH]c2=O)[C@H](F)[C@@H]1O. The largest absolute Gasteiger partial charge is 0.387 e. The van der Waals surface area contributed by atoms with Gasteiger partial charge < -0.3 is 14.8 Å². The third kappa shape index (κ3) is 3.73. The highest BCUT2D eigenvalue weighted by Crippen LogP contribution is 2.40. The average Bonchev–Trinajstić information content (AvgIpc) is 2.64. The van der Waals surface area contributed by atoms with Crippen LogP contribution in [-0.4, -0.2) is 59.2 Å². The summed E-state index contributed by atoms with van der Waals surface area (Å²) in [7, 11) is 0. The van der Waals surface area contributed by atoms with Crippen LogP contribution in [-0.2, 0) is 4.74 Å². The van der Waals surface area contributed by atoms with Gasteiger partial charge in [0.15, 0.2) is 6.17 Å². The zero-order valence-electron chi connectivity index (χ0n) is 12.0. The molecule has 1 aromatic rings. The predicted octanol–water partition coefficient (Wildman–Crippen LogP) is 0.301. The molecule has 0 aliphatic carbocycles. The van der Waals surface area contributed by atoms with E-state index in [9.17, 15) is 19.1 Å². The number of nitrogens with one attached hydrogen (secondary N) is 2. The number of aliphatic hydroxyl groups excluding tert-OH is 1. The molecule has 21 heavy (non-hydrogen) atoms. The van der Waals surface area contributed by atoms with Crippen LogP contribution in [0.3, 0.4) is 0 Å². The molecule has 0 spiro atoms. The van der Waals surface area contributed by atoms with Crippen molar-refractivity contribution in [2.45, 2.75) is 30.9 Å². The first-order valence-electron chi connectivity index (χ1n) is 6.66. The van der Waals surface area contributed by atoms with Crippen molar-refractivity contribution in [3.05, 3.63) is 32.6 Å². The number of aliphatic hydroxyl groups is 1. The quantitative estimate of drug-likeness (QED) is 0.696. The van der Waals surface area contributed by atoms with Crippen LogP contribution in [0.1, 0.15) is 18.1 Å². The molecule has 4 atom stereocenters. The van der Waals surface area contributed by atoms with E-state index in [1.54, 1.807) is 0 Å². The topological polar surface area (TPSA) is 95.2 Å². The summed E-state index contributed by atoms with van der Waals surface area (Å²) in [6.45, 7) is 2.79. The first-order valence-corrected chi connectivity index (χ1v) is 9.71. The second kappa shape index (κ2) is 5.91. The van der Waals surface area contributed by atoms with Crippen LogP contribution in [0.25, 0.3) is 0 Å². The van der Waals surface area contributed by atoms with Gasteiger partial charge in [0, 0.05) is 6.20 Å². The fourth-order valence-corrected chi connectivity index (χ4v) is 3.27. The third-order valence-electron chi connectivity index (χ3n) is 3.49. The van der Waals surface area contributed by atoms with Gasteiger partial charge in [0.1, 0.15) is 12.2 Å². The normalized spacial score (nSPS) is 29.7. The van der Waals surface area contributed by atoms with E-state index in [1.165, 1.54) is 0 Å². The molecule has 0 radical (unpaired) electrons. The lowest BCUT2D eigenvalue weighted by atomic mass is 10.0. The highest BCUT2D eigenvalue weighted by molar-refractivity contribution is 7.72. The summed E-state index contributed by atoms with van der Waals surface area (Å²) in [6, 6.07) is 0. The lowest BCUT2D eigenvalue weighted by Gasteiger charge is -2.18. The van der Waals surface area contributed by atoms with E-state index in [0.717, 1.165) is 12.4 Å². The Morgan fingerprint density at radius 2 is 2.14 bits per heavy atom. The smallest absolute Gasteiger partial charge is 0.325 e. The summed E-state index contributed by atoms with van der Waals surface area (Å²) in [5.74, 6) is 0. The van der Waals surface area contributed by atoms with Gasteiger partial charge in [-0.2, -0.15) is 0 Å². The molecular weight excluding hydrogens is 298 g/mol. The van der Waals surface area contributed by atoms with Crippen molar-refractivity contribution in [2.75, 3.05) is 19.5 Å². The van der Waals surface area contributed by atoms with E-state index in [-0.39, 0.29) is 5.56 Å². The van der Waals surface area contributed by atoms with Crippen LogP contribution in [0.2, 0.25) is 0 Å². The monoisotopic (exact) mass is 318 g/mol. The van der Waals surface area contributed by atoms with Crippen molar-refractivity contribution >= 4 is 13.2 Å². The van der Waals surface area contributed by atoms with Crippen molar-refractivity contribution in [3.63, 3.8) is 0 Å². The molecule has 118 valence electrons. The molecule has 6 nitrogen and oxygen atoms in total. The van der Waals surface area contributed by atoms with Gasteiger partial charge >= 0.3 is 5.69 Å². The number of aromatic nitrogens is 2. The van der Waals surface area contributed by atoms with E-state index < -0.39 is 42.6 Å². The number of rotatable bonds is 4. The maximum Gasteiger partial charge on any atom is 0.325 e. The Morgan fingerprint density at radius 1 is 1.48 bits per heavy atom. The number of halogens is 1. The lowest BCUT2D eigenvalue weighted by molar-refractivity contribution is 0.00734. The Balaban J connectivity index is 2.18. The Morgan fingerprint density at radius 3 is 2.71 bits per heavy atom. The number of alkyl halides is 1. The number of ether oxygens (including phenoxy) is 1. The van der Waals surface area contributed by atoms with E-state index >= 15 is 0 Å². The molecule has 3 N–H and O–H groups in total. The lowest BCUT2D eigenvalue weighted by Crippen LogP contribution is -2.30. The molecular formula is C13H20FN2O4P. The molecule has 0 amide bonds. The summed E-state index contributed by atoms with van der Waals surface area (Å²) in [5.41, 5.74) is -1.39. The summed E-state index contributed by atoms with van der Waals surface area (Å²) in [4.78, 5) is 27.0. The third-order valence-corrected chi connectivity index (χ3v) is 4.96. The van der Waals surface area contributed by atoms with Crippen molar-refractivity contribution in [1.82, 2.24) is 9.97 Å². The molecule has 2 heterocycles. The maximum atomic E-state index is 14.2. The maximum absolute atomic E-state index is 14.2. The van der Waals surface area contributed by atoms with Crippen LogP contribution in [0.4, 0.5) is 4.39 Å². The van der Waals surface area contributed by atoms with E-state index in [2.05, 4.69) is 11.3 Å². The minimum absolute atomic E-state index is 0.0210. The Labute approximate surface area is 121 Å². The van der Waals surface area contributed by atoms with Gasteiger partial charge in [0.25, 0.3) is 5.56 Å². The Hall–Kier alpha value is -1.17. The molecule has 0 aromatic carbocycles. The van der Waals surface area contributed by atoms with Gasteiger partial charge in [-0.25, -0.2) is 9.18 Å². The van der Waals surface area contributed by atoms with Crippen LogP contribution < -0.4 is 11.2 Å². The summed E-state index contributed by atoms with van der Waals surface area (Å²) < 4.78 is 19.7. The van der Waals surface area contributed by atoms with Crippen LogP contribution in [0.15, 0.2) is 15.8 Å². The van der Waals surface area contributed by atoms with Crippen LogP contribution in [0, 0.1) is 0 Å². The van der Waals surface area contributed by atoms with Gasteiger partial charge in [-0.15, -0.1) is 13.2 Å². The van der Waals surface area contributed by atoms with Gasteiger partial charge in [-0.05, 0) is 25.9 Å². The Bertz CT molecular complexity index is 665.